The second-order valence-electron chi connectivity index (χ2n) is 27.5. The standard InChI is InChI=1S/C22H24N8O.C16H20N4O4S.2C15H19N5O.C7H6ClN3.CH4O.3CH4.N3.Na/c1-15-13-28-12-11-23-20(21(28)26-15)27-17-8-7-16(2)29(14-17)22(31)18-5-3-4-6-19(18)30-24-9-10-25-30;1-12-7-8-13(24-25(2,22)23)11-19(12)16(21)14-5-3-4-6-15(14)20-17-9-10-18-20;2*1-11-6-7-12(16)10-19(11)15(21)13-4-2-3-5-14(13)20-17-8-9-18-20;1-5-4-11-3-2-9-6(8)7(11)10-5;1-2;;;;1-3-2;/h3-6,9-13,16-17H,7-8,14H2,1-2H3,(H,23,27);3-6,9-10,12-13H,7-8,11H2,1-2H3;2*2-5,8-9,11-12H,6-7,10,16H2,1H3;2-4H,1H3;2H,1H3;3*1H4;;/q;;;;;;;;;-1;+1/t16-,17-;12-,13?;2*11-,12-;;;;;;;/m1111......./s1. The van der Waals surface area contributed by atoms with Crippen molar-refractivity contribution < 1.29 is 66.4 Å². The summed E-state index contributed by atoms with van der Waals surface area (Å²) in [5, 5.41) is 44.0. The Hall–Kier alpha value is -11.3. The predicted octanol–water partition coefficient (Wildman–Crippen LogP) is 7.48. The van der Waals surface area contributed by atoms with Gasteiger partial charge in [-0.1, -0.05) is 82.4 Å². The second kappa shape index (κ2) is 45.5. The van der Waals surface area contributed by atoms with Crippen LogP contribution in [0.1, 0.15) is 154 Å². The molecule has 36 nitrogen and oxygen atoms in total. The Morgan fingerprint density at radius 3 is 1.14 bits per heavy atom. The minimum atomic E-state index is -3.56. The molecule has 4 saturated heterocycles. The third-order valence-corrected chi connectivity index (χ3v) is 20.2. The van der Waals surface area contributed by atoms with Crippen LogP contribution in [-0.2, 0) is 14.3 Å². The number of imidazole rings is 2. The molecule has 1 unspecified atom stereocenters. The van der Waals surface area contributed by atoms with E-state index in [1.807, 2.05) is 148 Å². The first-order valence-electron chi connectivity index (χ1n) is 36.9. The number of para-hydroxylation sites is 4. The van der Waals surface area contributed by atoms with E-state index >= 15 is 0 Å². The molecule has 0 saturated carbocycles. The maximum absolute atomic E-state index is 13.5. The summed E-state index contributed by atoms with van der Waals surface area (Å²) in [7, 11) is -2.56. The molecule has 0 radical (unpaired) electrons. The Balaban J connectivity index is 0.000000229. The Kier molecular flexibility index (Phi) is 36.8. The molecular formula is C79H104ClN28NaO8S. The fourth-order valence-electron chi connectivity index (χ4n) is 13.7. The van der Waals surface area contributed by atoms with Crippen LogP contribution in [0.4, 0.5) is 5.82 Å². The number of hydrogen-bond donors (Lipinski definition) is 4. The zero-order valence-electron chi connectivity index (χ0n) is 65.4. The number of halogens is 1. The molecule has 118 heavy (non-hydrogen) atoms. The molecule has 4 aliphatic rings. The van der Waals surface area contributed by atoms with Crippen molar-refractivity contribution in [2.45, 2.75) is 164 Å². The van der Waals surface area contributed by atoms with Gasteiger partial charge in [0.05, 0.1) is 118 Å². The molecule has 0 aliphatic carbocycles. The fourth-order valence-corrected chi connectivity index (χ4v) is 14.5. The third-order valence-electron chi connectivity index (χ3n) is 19.3. The third kappa shape index (κ3) is 24.7. The number of anilines is 1. The number of piperidine rings is 4. The zero-order chi connectivity index (χ0) is 81.6. The summed E-state index contributed by atoms with van der Waals surface area (Å²) in [5.41, 5.74) is 33.8. The molecule has 0 bridgehead atoms. The molecule has 4 aliphatic heterocycles. The molecule has 622 valence electrons. The summed E-state index contributed by atoms with van der Waals surface area (Å²) in [6, 6.07) is 30.1. The van der Waals surface area contributed by atoms with Crippen molar-refractivity contribution in [3.63, 3.8) is 0 Å². The minimum Gasteiger partial charge on any atom is -0.400 e. The number of rotatable bonds is 12. The van der Waals surface area contributed by atoms with Gasteiger partial charge in [-0.15, -0.1) is 0 Å². The van der Waals surface area contributed by atoms with Crippen LogP contribution >= 0.6 is 11.6 Å². The molecular weight excluding hydrogens is 1560 g/mol. The van der Waals surface area contributed by atoms with Crippen molar-refractivity contribution in [2.24, 2.45) is 11.5 Å². The van der Waals surface area contributed by atoms with E-state index in [9.17, 15) is 27.6 Å². The second-order valence-corrected chi connectivity index (χ2v) is 29.4. The predicted molar refractivity (Wildman–Crippen MR) is 446 cm³/mol. The molecule has 0 spiro atoms. The largest absolute Gasteiger partial charge is 1.00 e. The van der Waals surface area contributed by atoms with Crippen molar-refractivity contribution in [3.8, 4) is 22.7 Å². The van der Waals surface area contributed by atoms with Gasteiger partial charge in [0.1, 0.15) is 0 Å². The van der Waals surface area contributed by atoms with Crippen LogP contribution in [0.15, 0.2) is 184 Å². The number of aliphatic hydroxyl groups is 1. The number of nitrogens with two attached hydrogens (primary N) is 2. The van der Waals surface area contributed by atoms with Crippen molar-refractivity contribution >= 4 is 62.5 Å². The van der Waals surface area contributed by atoms with E-state index in [-0.39, 0.29) is 124 Å². The Morgan fingerprint density at radius 1 is 0.475 bits per heavy atom. The summed E-state index contributed by atoms with van der Waals surface area (Å²) >= 11 is 5.78. The fraction of sp³-hybridized carbons (Fsp3) is 0.392. The van der Waals surface area contributed by atoms with Crippen molar-refractivity contribution in [1.29, 1.82) is 0 Å². The van der Waals surface area contributed by atoms with Crippen LogP contribution in [0.3, 0.4) is 0 Å². The first-order chi connectivity index (χ1) is 55.0. The van der Waals surface area contributed by atoms with Crippen molar-refractivity contribution in [3.05, 3.63) is 239 Å². The van der Waals surface area contributed by atoms with Gasteiger partial charge in [-0.25, -0.2) is 19.9 Å². The van der Waals surface area contributed by atoms with Gasteiger partial charge in [-0.2, -0.15) is 68.4 Å². The van der Waals surface area contributed by atoms with E-state index in [0.29, 0.717) is 88.3 Å². The maximum Gasteiger partial charge on any atom is 1.00 e. The van der Waals surface area contributed by atoms with Crippen molar-refractivity contribution in [2.75, 3.05) is 44.9 Å². The monoisotopic (exact) mass is 1660 g/mol. The van der Waals surface area contributed by atoms with Crippen LogP contribution in [-0.4, -0.2) is 233 Å². The van der Waals surface area contributed by atoms with E-state index in [1.54, 1.807) is 85.1 Å². The number of nitrogens with one attached hydrogen (secondary N) is 1. The molecule has 4 amide bonds. The molecule has 12 aromatic rings. The number of amides is 4. The SMILES string of the molecule is C.C.C.CO.C[C@@H]1CCC(OS(C)(=O)=O)CN1C(=O)c1ccccc1-n1nccn1.C[C@@H]1CC[C@@H](N)CN1C(=O)c1ccccc1-n1nccn1.C[C@@H]1CC[C@@H](N)CN1C(=O)c1ccccc1-n1nccn1.Cc1cn2ccnc(Cl)c2n1.Cc1cn2ccnc(N[C@@H]3CC[C@@H](C)N(C(=O)c4ccccc4-n4nccn4)C3)c2n1.[N-]=[N+]=[N-].[Na+]. The topological polar surface area (TPSA) is 451 Å². The normalized spacial score (nSPS) is 18.5. The van der Waals surface area contributed by atoms with Gasteiger partial charge < -0.3 is 61.4 Å². The van der Waals surface area contributed by atoms with Crippen LogP contribution in [0, 0.1) is 13.8 Å². The number of aliphatic hydroxyl groups excluding tert-OH is 1. The summed E-state index contributed by atoms with van der Waals surface area (Å²) in [6.45, 7) is 14.1. The van der Waals surface area contributed by atoms with Gasteiger partial charge in [0.25, 0.3) is 33.7 Å². The first-order valence-corrected chi connectivity index (χ1v) is 39.1. The Labute approximate surface area is 713 Å². The molecule has 8 atom stereocenters. The maximum atomic E-state index is 13.5. The Morgan fingerprint density at radius 2 is 0.780 bits per heavy atom. The zero-order valence-corrected chi connectivity index (χ0v) is 68.9. The summed E-state index contributed by atoms with van der Waals surface area (Å²) in [5.74, 6) is 0.511. The van der Waals surface area contributed by atoms with Crippen LogP contribution in [0.2, 0.25) is 5.15 Å². The molecule has 4 aromatic carbocycles. The number of fused-ring (bicyclic) bond motifs is 2. The van der Waals surface area contributed by atoms with Gasteiger partial charge in [0.2, 0.25) is 0 Å². The van der Waals surface area contributed by atoms with E-state index < -0.39 is 16.2 Å². The number of benzene rings is 4. The number of aryl methyl sites for hydroxylation is 2. The average molecular weight is 1660 g/mol. The number of carbonyl (C=O) groups is 4. The molecule has 12 heterocycles. The smallest absolute Gasteiger partial charge is 0.400 e. The molecule has 6 N–H and O–H groups in total. The average Bonchev–Trinajstić information content (AvgIpc) is 1.18. The summed E-state index contributed by atoms with van der Waals surface area (Å²) in [4.78, 5) is 84.2. The number of carbonyl (C=O) groups excluding carboxylic acids is 4. The van der Waals surface area contributed by atoms with E-state index in [0.717, 1.165) is 74.7 Å². The van der Waals surface area contributed by atoms with E-state index in [4.69, 9.17) is 43.4 Å². The van der Waals surface area contributed by atoms with Crippen LogP contribution in [0.5, 0.6) is 0 Å². The van der Waals surface area contributed by atoms with Gasteiger partial charge >= 0.3 is 29.6 Å². The molecule has 4 fully saturated rings. The Bertz CT molecular complexity index is 5170. The van der Waals surface area contributed by atoms with Gasteiger partial charge in [0, 0.05) is 113 Å². The van der Waals surface area contributed by atoms with Gasteiger partial charge in [0.15, 0.2) is 22.3 Å². The van der Waals surface area contributed by atoms with Gasteiger partial charge in [-0.05, 0) is 141 Å². The van der Waals surface area contributed by atoms with E-state index in [1.165, 1.54) is 24.1 Å². The molecule has 8 aromatic heterocycles. The number of nitrogens with zero attached hydrogens (tertiary/aromatic N) is 25. The summed E-state index contributed by atoms with van der Waals surface area (Å²) in [6.07, 6.45) is 31.1. The molecule has 39 heteroatoms. The summed E-state index contributed by atoms with van der Waals surface area (Å²) < 4.78 is 31.7. The van der Waals surface area contributed by atoms with Gasteiger partial charge in [-0.3, -0.25) is 28.3 Å². The first kappa shape index (κ1) is 95.6. The van der Waals surface area contributed by atoms with Crippen molar-refractivity contribution in [1.82, 2.24) is 108 Å². The molecule has 16 rings (SSSR count). The number of likely N-dealkylation sites (tertiary alicyclic amines) is 4. The number of aromatic nitrogens is 18. The quantitative estimate of drug-likeness (QED) is 0.0303. The minimum absolute atomic E-state index is 0. The van der Waals surface area contributed by atoms with E-state index in [2.05, 4.69) is 86.8 Å². The number of hydrogen-bond acceptors (Lipinski definition) is 23. The van der Waals surface area contributed by atoms with Crippen LogP contribution in [0.25, 0.3) is 50.0 Å². The van der Waals surface area contributed by atoms with Crippen LogP contribution < -0.4 is 46.3 Å².